The Labute approximate surface area is 107 Å². The van der Waals surface area contributed by atoms with Crippen molar-refractivity contribution in [3.63, 3.8) is 0 Å². The van der Waals surface area contributed by atoms with Crippen LogP contribution in [0, 0.1) is 5.92 Å². The molecule has 0 aliphatic rings. The second kappa shape index (κ2) is 6.98. The van der Waals surface area contributed by atoms with Crippen molar-refractivity contribution in [1.82, 2.24) is 5.32 Å². The molecule has 2 atom stereocenters. The summed E-state index contributed by atoms with van der Waals surface area (Å²) >= 11 is 0. The summed E-state index contributed by atoms with van der Waals surface area (Å²) in [5.41, 5.74) is -0.673. The molecule has 1 N–H and O–H groups in total. The van der Waals surface area contributed by atoms with Gasteiger partial charge in [0.05, 0.1) is 6.61 Å². The number of amides is 1. The Morgan fingerprint density at radius 2 is 1.89 bits per heavy atom. The van der Waals surface area contributed by atoms with Crippen molar-refractivity contribution in [3.8, 4) is 0 Å². The smallest absolute Gasteiger partial charge is 0.408 e. The first kappa shape index (κ1) is 16.4. The third-order valence-electron chi connectivity index (χ3n) is 1.95. The van der Waals surface area contributed by atoms with E-state index in [2.05, 4.69) is 5.32 Å². The molecule has 0 saturated heterocycles. The van der Waals surface area contributed by atoms with Crippen molar-refractivity contribution in [3.05, 3.63) is 0 Å². The molecule has 0 rings (SSSR count). The summed E-state index contributed by atoms with van der Waals surface area (Å²) < 4.78 is 9.81. The summed E-state index contributed by atoms with van der Waals surface area (Å²) in [5, 5.41) is 2.34. The van der Waals surface area contributed by atoms with Gasteiger partial charge in [0.25, 0.3) is 0 Å². The summed E-state index contributed by atoms with van der Waals surface area (Å²) in [6.07, 6.45) is -0.173. The maximum absolute atomic E-state index is 11.6. The second-order valence-electron chi connectivity index (χ2n) is 4.87. The largest absolute Gasteiger partial charge is 0.464 e. The maximum atomic E-state index is 11.6. The quantitative estimate of drug-likeness (QED) is 0.594. The van der Waals surface area contributed by atoms with E-state index in [0.717, 1.165) is 0 Å². The van der Waals surface area contributed by atoms with E-state index in [1.165, 1.54) is 6.92 Å². The van der Waals surface area contributed by atoms with Crippen LogP contribution in [0.15, 0.2) is 0 Å². The van der Waals surface area contributed by atoms with E-state index in [1.807, 2.05) is 0 Å². The first-order valence-corrected chi connectivity index (χ1v) is 5.82. The van der Waals surface area contributed by atoms with Crippen molar-refractivity contribution in [1.29, 1.82) is 0 Å². The van der Waals surface area contributed by atoms with Gasteiger partial charge in [0.2, 0.25) is 0 Å². The van der Waals surface area contributed by atoms with Crippen LogP contribution in [0.5, 0.6) is 0 Å². The van der Waals surface area contributed by atoms with Gasteiger partial charge in [-0.05, 0) is 27.7 Å². The molecular weight excluding hydrogens is 238 g/mol. The third-order valence-corrected chi connectivity index (χ3v) is 1.95. The highest BCUT2D eigenvalue weighted by Crippen LogP contribution is 2.09. The molecule has 0 unspecified atom stereocenters. The van der Waals surface area contributed by atoms with Crippen LogP contribution in [0.3, 0.4) is 0 Å². The van der Waals surface area contributed by atoms with Gasteiger partial charge in [0, 0.05) is 5.92 Å². The third kappa shape index (κ3) is 6.22. The van der Waals surface area contributed by atoms with Gasteiger partial charge in [0.1, 0.15) is 17.9 Å². The second-order valence-corrected chi connectivity index (χ2v) is 4.87. The van der Waals surface area contributed by atoms with Gasteiger partial charge in [0.15, 0.2) is 0 Å². The summed E-state index contributed by atoms with van der Waals surface area (Å²) in [5.74, 6) is -1.33. The van der Waals surface area contributed by atoms with Crippen LogP contribution in [0.2, 0.25) is 0 Å². The van der Waals surface area contributed by atoms with Crippen molar-refractivity contribution in [2.45, 2.75) is 46.3 Å². The lowest BCUT2D eigenvalue weighted by molar-refractivity contribution is -0.147. The van der Waals surface area contributed by atoms with E-state index in [4.69, 9.17) is 9.47 Å². The number of alkyl carbamates (subject to hydrolysis) is 1. The molecule has 6 nitrogen and oxygen atoms in total. The highest BCUT2D eigenvalue weighted by Gasteiger charge is 2.29. The fourth-order valence-electron chi connectivity index (χ4n) is 1.15. The average Bonchev–Trinajstić information content (AvgIpc) is 2.22. The Kier molecular flexibility index (Phi) is 6.36. The van der Waals surface area contributed by atoms with E-state index in [1.54, 1.807) is 27.7 Å². The van der Waals surface area contributed by atoms with Crippen molar-refractivity contribution >= 4 is 18.3 Å². The van der Waals surface area contributed by atoms with Crippen LogP contribution in [0.25, 0.3) is 0 Å². The van der Waals surface area contributed by atoms with Crippen LogP contribution in [-0.4, -0.2) is 36.6 Å². The highest BCUT2D eigenvalue weighted by atomic mass is 16.6. The van der Waals surface area contributed by atoms with Crippen LogP contribution >= 0.6 is 0 Å². The Hall–Kier alpha value is -1.59. The predicted molar refractivity (Wildman–Crippen MR) is 65.0 cm³/mol. The highest BCUT2D eigenvalue weighted by molar-refractivity contribution is 5.84. The van der Waals surface area contributed by atoms with Gasteiger partial charge in [-0.25, -0.2) is 9.59 Å². The molecule has 0 aromatic carbocycles. The fourth-order valence-corrected chi connectivity index (χ4v) is 1.15. The molecule has 0 aliphatic carbocycles. The predicted octanol–water partition coefficient (Wildman–Crippen LogP) is 1.28. The Bertz CT molecular complexity index is 308. The lowest BCUT2D eigenvalue weighted by Gasteiger charge is -2.24. The number of carbonyl (C=O) groups excluding carboxylic acids is 3. The number of ether oxygens (including phenoxy) is 2. The van der Waals surface area contributed by atoms with Gasteiger partial charge in [-0.2, -0.15) is 0 Å². The molecule has 0 aromatic heterocycles. The molecule has 0 radical (unpaired) electrons. The van der Waals surface area contributed by atoms with Gasteiger partial charge in [-0.15, -0.1) is 0 Å². The number of hydrogen-bond donors (Lipinski definition) is 1. The molecule has 0 saturated carbocycles. The average molecular weight is 259 g/mol. The van der Waals surface area contributed by atoms with E-state index in [9.17, 15) is 14.4 Å². The molecule has 0 heterocycles. The standard InChI is InChI=1S/C12H21NO5/c1-6-17-10(15)9(8(2)7-14)13-11(16)18-12(3,4)5/h7-9H,6H2,1-5H3,(H,13,16)/t8-,9-/m0/s1. The van der Waals surface area contributed by atoms with Crippen LogP contribution in [0.4, 0.5) is 4.79 Å². The Morgan fingerprint density at radius 3 is 2.28 bits per heavy atom. The van der Waals surface area contributed by atoms with Gasteiger partial charge in [-0.3, -0.25) is 0 Å². The van der Waals surface area contributed by atoms with Crippen LogP contribution in [-0.2, 0) is 19.1 Å². The topological polar surface area (TPSA) is 81.7 Å². The lowest BCUT2D eigenvalue weighted by Crippen LogP contribution is -2.48. The minimum atomic E-state index is -1.03. The van der Waals surface area contributed by atoms with E-state index < -0.39 is 29.6 Å². The molecule has 1 amide bonds. The van der Waals surface area contributed by atoms with E-state index in [-0.39, 0.29) is 6.61 Å². The Balaban J connectivity index is 4.64. The molecule has 0 bridgehead atoms. The monoisotopic (exact) mass is 259 g/mol. The molecule has 0 fully saturated rings. The van der Waals surface area contributed by atoms with Gasteiger partial charge in [-0.1, -0.05) is 6.92 Å². The number of carbonyl (C=O) groups is 3. The summed E-state index contributed by atoms with van der Waals surface area (Å²) in [6, 6.07) is -1.03. The Morgan fingerprint density at radius 1 is 1.33 bits per heavy atom. The molecule has 104 valence electrons. The molecule has 0 spiro atoms. The molecule has 0 aromatic rings. The SMILES string of the molecule is CCOC(=O)[C@@H](NC(=O)OC(C)(C)C)[C@@H](C)C=O. The van der Waals surface area contributed by atoms with E-state index >= 15 is 0 Å². The van der Waals surface area contributed by atoms with Crippen LogP contribution in [0.1, 0.15) is 34.6 Å². The van der Waals surface area contributed by atoms with Crippen molar-refractivity contribution in [2.24, 2.45) is 5.92 Å². The van der Waals surface area contributed by atoms with Crippen LogP contribution < -0.4 is 5.32 Å². The van der Waals surface area contributed by atoms with Crippen molar-refractivity contribution < 1.29 is 23.9 Å². The lowest BCUT2D eigenvalue weighted by atomic mass is 10.0. The summed E-state index contributed by atoms with van der Waals surface area (Å²) in [4.78, 5) is 33.9. The number of hydrogen-bond acceptors (Lipinski definition) is 5. The van der Waals surface area contributed by atoms with Gasteiger partial charge >= 0.3 is 12.1 Å². The normalized spacial score (nSPS) is 14.3. The van der Waals surface area contributed by atoms with E-state index in [0.29, 0.717) is 6.29 Å². The number of aldehydes is 1. The maximum Gasteiger partial charge on any atom is 0.408 e. The zero-order valence-electron chi connectivity index (χ0n) is 11.5. The summed E-state index contributed by atoms with van der Waals surface area (Å²) in [7, 11) is 0. The minimum absolute atomic E-state index is 0.177. The minimum Gasteiger partial charge on any atom is -0.464 e. The zero-order valence-corrected chi connectivity index (χ0v) is 11.5. The number of esters is 1. The number of nitrogens with one attached hydrogen (secondary N) is 1. The van der Waals surface area contributed by atoms with Gasteiger partial charge < -0.3 is 19.6 Å². The molecule has 18 heavy (non-hydrogen) atoms. The summed E-state index contributed by atoms with van der Waals surface area (Å²) in [6.45, 7) is 8.45. The fraction of sp³-hybridized carbons (Fsp3) is 0.750. The number of rotatable bonds is 5. The first-order valence-electron chi connectivity index (χ1n) is 5.82. The first-order chi connectivity index (χ1) is 8.21. The molecular formula is C12H21NO5. The molecule has 6 heteroatoms. The van der Waals surface area contributed by atoms with Crippen molar-refractivity contribution in [2.75, 3.05) is 6.61 Å². The zero-order chi connectivity index (χ0) is 14.3. The molecule has 0 aliphatic heterocycles.